The van der Waals surface area contributed by atoms with Crippen molar-refractivity contribution in [1.82, 2.24) is 4.57 Å². The van der Waals surface area contributed by atoms with E-state index in [0.717, 1.165) is 21.7 Å². The molecule has 8 rings (SSSR count). The third-order valence-electron chi connectivity index (χ3n) is 8.51. The van der Waals surface area contributed by atoms with E-state index in [9.17, 15) is 0 Å². The highest BCUT2D eigenvalue weighted by atomic mass is 32.1. The molecule has 2 heteroatoms. The summed E-state index contributed by atoms with van der Waals surface area (Å²) in [5.74, 6) is 0. The zero-order valence-electron chi connectivity index (χ0n) is 24.1. The van der Waals surface area contributed by atoms with Gasteiger partial charge in [0.25, 0.3) is 0 Å². The van der Waals surface area contributed by atoms with Gasteiger partial charge in [-0.05, 0) is 75.3 Å². The van der Waals surface area contributed by atoms with Crippen molar-refractivity contribution >= 4 is 34.4 Å². The maximum Gasteiger partial charge on any atom is 0.0547 e. The van der Waals surface area contributed by atoms with Crippen molar-refractivity contribution < 1.29 is 0 Å². The van der Waals surface area contributed by atoms with Crippen LogP contribution in [0.4, 0.5) is 0 Å². The first kappa shape index (κ1) is 26.3. The smallest absolute Gasteiger partial charge is 0.0547 e. The lowest BCUT2D eigenvalue weighted by Crippen LogP contribution is -1.98. The lowest BCUT2D eigenvalue weighted by Gasteiger charge is -2.16. The summed E-state index contributed by atoms with van der Waals surface area (Å²) < 4.78 is 2.44. The van der Waals surface area contributed by atoms with Gasteiger partial charge in [-0.15, -0.1) is 12.6 Å². The van der Waals surface area contributed by atoms with Gasteiger partial charge in [0.2, 0.25) is 0 Å². The van der Waals surface area contributed by atoms with Crippen LogP contribution in [0.15, 0.2) is 175 Å². The zero-order chi connectivity index (χ0) is 29.5. The molecule has 1 aromatic heterocycles. The molecule has 0 N–H and O–H groups in total. The maximum absolute atomic E-state index is 4.73. The van der Waals surface area contributed by atoms with Crippen molar-refractivity contribution in [1.29, 1.82) is 0 Å². The molecule has 208 valence electrons. The minimum atomic E-state index is 0.979. The summed E-state index contributed by atoms with van der Waals surface area (Å²) in [7, 11) is 0. The monoisotopic (exact) mass is 579 g/mol. The van der Waals surface area contributed by atoms with Crippen LogP contribution in [0.5, 0.6) is 0 Å². The summed E-state index contributed by atoms with van der Waals surface area (Å²) in [6.45, 7) is 0. The average Bonchev–Trinajstić information content (AvgIpc) is 3.42. The van der Waals surface area contributed by atoms with E-state index in [1.54, 1.807) is 0 Å². The Labute approximate surface area is 263 Å². The van der Waals surface area contributed by atoms with E-state index in [0.29, 0.717) is 0 Å². The molecule has 0 unspecified atom stereocenters. The fourth-order valence-electron chi connectivity index (χ4n) is 6.38. The molecular weight excluding hydrogens is 551 g/mol. The molecule has 0 saturated carbocycles. The largest absolute Gasteiger partial charge is 0.309 e. The van der Waals surface area contributed by atoms with Crippen LogP contribution >= 0.6 is 12.6 Å². The van der Waals surface area contributed by atoms with Gasteiger partial charge < -0.3 is 4.57 Å². The van der Waals surface area contributed by atoms with E-state index in [-0.39, 0.29) is 0 Å². The van der Waals surface area contributed by atoms with Crippen molar-refractivity contribution in [3.63, 3.8) is 0 Å². The number of benzene rings is 7. The molecule has 0 spiro atoms. The fourth-order valence-corrected chi connectivity index (χ4v) is 6.67. The SMILES string of the molecule is Sc1ccccc1-c1cccc(-c2ccc3c4ccccc4n(-c4ccc(-c5ccccc5)cc4-c4ccccc4)c3c2)c1. The highest BCUT2D eigenvalue weighted by Gasteiger charge is 2.17. The van der Waals surface area contributed by atoms with E-state index < -0.39 is 0 Å². The summed E-state index contributed by atoms with van der Waals surface area (Å²) >= 11 is 4.73. The highest BCUT2D eigenvalue weighted by Crippen LogP contribution is 2.40. The van der Waals surface area contributed by atoms with Crippen LogP contribution < -0.4 is 0 Å². The molecule has 0 aliphatic rings. The lowest BCUT2D eigenvalue weighted by molar-refractivity contribution is 1.18. The number of hydrogen-bond donors (Lipinski definition) is 1. The summed E-state index contributed by atoms with van der Waals surface area (Å²) in [6, 6.07) is 60.9. The zero-order valence-corrected chi connectivity index (χ0v) is 25.0. The molecular formula is C42H29NS. The summed E-state index contributed by atoms with van der Waals surface area (Å²) in [6.07, 6.45) is 0. The topological polar surface area (TPSA) is 4.93 Å². The molecule has 7 aromatic carbocycles. The number of nitrogens with zero attached hydrogens (tertiary/aromatic N) is 1. The second-order valence-electron chi connectivity index (χ2n) is 11.1. The highest BCUT2D eigenvalue weighted by molar-refractivity contribution is 7.80. The predicted octanol–water partition coefficient (Wildman–Crippen LogP) is 11.7. The average molecular weight is 580 g/mol. The standard InChI is InChI=1S/C42H29NS/c44-42-21-10-8-18-35(42)34-17-11-16-31(26-34)33-22-24-37-36-19-7-9-20-39(36)43(41(37)28-33)40-25-23-32(29-12-3-1-4-13-29)27-38(40)30-14-5-2-6-15-30/h1-28,44H. The maximum atomic E-state index is 4.73. The molecule has 0 fully saturated rings. The Hall–Kier alpha value is -5.31. The summed E-state index contributed by atoms with van der Waals surface area (Å²) in [5.41, 5.74) is 13.0. The second-order valence-corrected chi connectivity index (χ2v) is 11.6. The number of thiol groups is 1. The van der Waals surface area contributed by atoms with Gasteiger partial charge in [0, 0.05) is 21.2 Å². The van der Waals surface area contributed by atoms with Gasteiger partial charge in [0.05, 0.1) is 16.7 Å². The van der Waals surface area contributed by atoms with Crippen molar-refractivity contribution in [2.75, 3.05) is 0 Å². The van der Waals surface area contributed by atoms with Crippen molar-refractivity contribution in [3.8, 4) is 50.2 Å². The van der Waals surface area contributed by atoms with Crippen LogP contribution in [0.2, 0.25) is 0 Å². The normalized spacial score (nSPS) is 11.3. The number of rotatable bonds is 5. The van der Waals surface area contributed by atoms with Crippen LogP contribution in [-0.4, -0.2) is 4.57 Å². The van der Waals surface area contributed by atoms with E-state index in [1.165, 1.54) is 55.2 Å². The van der Waals surface area contributed by atoms with Crippen molar-refractivity contribution in [2.24, 2.45) is 0 Å². The third kappa shape index (κ3) is 4.61. The predicted molar refractivity (Wildman–Crippen MR) is 190 cm³/mol. The van der Waals surface area contributed by atoms with Crippen molar-refractivity contribution in [3.05, 3.63) is 170 Å². The molecule has 0 saturated heterocycles. The Morgan fingerprint density at radius 2 is 0.932 bits per heavy atom. The first-order valence-corrected chi connectivity index (χ1v) is 15.4. The molecule has 0 radical (unpaired) electrons. The lowest BCUT2D eigenvalue weighted by atomic mass is 9.97. The first-order valence-electron chi connectivity index (χ1n) is 14.9. The molecule has 0 amide bonds. The molecule has 0 atom stereocenters. The number of hydrogen-bond acceptors (Lipinski definition) is 1. The first-order chi connectivity index (χ1) is 21.7. The van der Waals surface area contributed by atoms with E-state index in [1.807, 2.05) is 12.1 Å². The molecule has 0 aliphatic carbocycles. The van der Waals surface area contributed by atoms with Gasteiger partial charge in [0.15, 0.2) is 0 Å². The molecule has 0 bridgehead atoms. The minimum Gasteiger partial charge on any atom is -0.309 e. The van der Waals surface area contributed by atoms with Gasteiger partial charge in [-0.1, -0.05) is 133 Å². The molecule has 44 heavy (non-hydrogen) atoms. The Morgan fingerprint density at radius 3 is 1.75 bits per heavy atom. The molecule has 0 aliphatic heterocycles. The van der Waals surface area contributed by atoms with Gasteiger partial charge in [-0.25, -0.2) is 0 Å². The Kier molecular flexibility index (Phi) is 6.63. The third-order valence-corrected chi connectivity index (χ3v) is 8.90. The van der Waals surface area contributed by atoms with Crippen LogP contribution in [0.25, 0.3) is 72.0 Å². The number of para-hydroxylation sites is 1. The number of aromatic nitrogens is 1. The quantitative estimate of drug-likeness (QED) is 0.194. The molecule has 1 heterocycles. The van der Waals surface area contributed by atoms with E-state index >= 15 is 0 Å². The van der Waals surface area contributed by atoms with E-state index in [4.69, 9.17) is 12.6 Å². The van der Waals surface area contributed by atoms with Crippen LogP contribution in [0.1, 0.15) is 0 Å². The van der Waals surface area contributed by atoms with Crippen LogP contribution in [0, 0.1) is 0 Å². The Bertz CT molecular complexity index is 2280. The summed E-state index contributed by atoms with van der Waals surface area (Å²) in [5, 5.41) is 2.49. The van der Waals surface area contributed by atoms with E-state index in [2.05, 4.69) is 162 Å². The molecule has 1 nitrogen and oxygen atoms in total. The van der Waals surface area contributed by atoms with Crippen LogP contribution in [0.3, 0.4) is 0 Å². The second kappa shape index (κ2) is 11.1. The van der Waals surface area contributed by atoms with Crippen LogP contribution in [-0.2, 0) is 0 Å². The number of fused-ring (bicyclic) bond motifs is 3. The van der Waals surface area contributed by atoms with Crippen molar-refractivity contribution in [2.45, 2.75) is 4.90 Å². The fraction of sp³-hybridized carbons (Fsp3) is 0. The van der Waals surface area contributed by atoms with Gasteiger partial charge >= 0.3 is 0 Å². The van der Waals surface area contributed by atoms with Gasteiger partial charge in [0.1, 0.15) is 0 Å². The van der Waals surface area contributed by atoms with Gasteiger partial charge in [-0.2, -0.15) is 0 Å². The van der Waals surface area contributed by atoms with Gasteiger partial charge in [-0.3, -0.25) is 0 Å². The minimum absolute atomic E-state index is 0.979. The molecule has 8 aromatic rings. The Morgan fingerprint density at radius 1 is 0.341 bits per heavy atom. The Balaban J connectivity index is 1.37. The summed E-state index contributed by atoms with van der Waals surface area (Å²) in [4.78, 5) is 0.979.